The van der Waals surface area contributed by atoms with Crippen molar-refractivity contribution in [2.75, 3.05) is 19.6 Å². The average Bonchev–Trinajstić information content (AvgIpc) is 3.44. The number of nitro benzene ring substituents is 1. The van der Waals surface area contributed by atoms with Crippen molar-refractivity contribution in [1.82, 2.24) is 29.5 Å². The Morgan fingerprint density at radius 1 is 1.19 bits per heavy atom. The largest absolute Gasteiger partial charge is 0.345 e. The van der Waals surface area contributed by atoms with E-state index in [1.807, 2.05) is 0 Å². The van der Waals surface area contributed by atoms with E-state index < -0.39 is 16.4 Å². The molecule has 0 spiro atoms. The molecule has 2 aromatic heterocycles. The highest BCUT2D eigenvalue weighted by molar-refractivity contribution is 5.85. The third kappa shape index (κ3) is 3.99. The van der Waals surface area contributed by atoms with Gasteiger partial charge in [-0.25, -0.2) is 9.67 Å². The number of nitro groups is 1. The van der Waals surface area contributed by atoms with Crippen LogP contribution in [0.1, 0.15) is 12.8 Å². The number of para-hydroxylation sites is 2. The summed E-state index contributed by atoms with van der Waals surface area (Å²) in [4.78, 5) is 53.6. The Hall–Kier alpha value is -4.09. The third-order valence-electron chi connectivity index (χ3n) is 5.07. The summed E-state index contributed by atoms with van der Waals surface area (Å²) in [6.45, 7) is 0.946. The minimum Gasteiger partial charge on any atom is -0.345 e. The molecular weight excluding hydrogens is 406 g/mol. The monoisotopic (exact) mass is 425 g/mol. The fourth-order valence-corrected chi connectivity index (χ4v) is 3.50. The van der Waals surface area contributed by atoms with Crippen LogP contribution >= 0.6 is 0 Å². The number of nitrogens with zero attached hydrogens (tertiary/aromatic N) is 6. The normalized spacial score (nSPS) is 13.5. The molecule has 1 aliphatic rings. The van der Waals surface area contributed by atoms with Gasteiger partial charge < -0.3 is 10.2 Å². The zero-order chi connectivity index (χ0) is 22.0. The number of carbonyl (C=O) groups excluding carboxylic acids is 2. The van der Waals surface area contributed by atoms with Crippen LogP contribution in [0.5, 0.6) is 0 Å². The van der Waals surface area contributed by atoms with E-state index in [2.05, 4.69) is 15.4 Å². The number of rotatable bonds is 6. The van der Waals surface area contributed by atoms with Crippen molar-refractivity contribution in [2.45, 2.75) is 19.4 Å². The van der Waals surface area contributed by atoms with Gasteiger partial charge in [-0.05, 0) is 18.9 Å². The maximum atomic E-state index is 12.8. The first-order chi connectivity index (χ1) is 15.0. The molecule has 0 unspecified atom stereocenters. The number of hydrogen-bond acceptors (Lipinski definition) is 7. The second-order valence-electron chi connectivity index (χ2n) is 7.08. The van der Waals surface area contributed by atoms with Gasteiger partial charge in [0.1, 0.15) is 23.9 Å². The topological polar surface area (TPSA) is 145 Å². The Labute approximate surface area is 175 Å². The molecule has 12 nitrogen and oxygen atoms in total. The zero-order valence-electron chi connectivity index (χ0n) is 16.4. The highest BCUT2D eigenvalue weighted by Gasteiger charge is 2.20. The van der Waals surface area contributed by atoms with Crippen LogP contribution in [0, 0.1) is 10.1 Å². The van der Waals surface area contributed by atoms with Gasteiger partial charge in [0.05, 0.1) is 17.7 Å². The standard InChI is InChI=1S/C19H19N7O5/c27-16(20-10-17(28)23-7-3-4-8-23)11-24-12-21-18-13(19(24)29)9-22-25(18)14-5-1-2-6-15(14)26(30)31/h1-2,5-6,9,12H,3-4,7-8,10-11H2,(H,20,27). The second kappa shape index (κ2) is 8.34. The predicted molar refractivity (Wildman–Crippen MR) is 109 cm³/mol. The Balaban J connectivity index is 1.53. The summed E-state index contributed by atoms with van der Waals surface area (Å²) < 4.78 is 2.32. The number of amides is 2. The van der Waals surface area contributed by atoms with E-state index in [-0.39, 0.29) is 41.4 Å². The highest BCUT2D eigenvalue weighted by atomic mass is 16.6. The van der Waals surface area contributed by atoms with Gasteiger partial charge in [0.25, 0.3) is 11.2 Å². The van der Waals surface area contributed by atoms with Crippen LogP contribution in [0.25, 0.3) is 16.7 Å². The molecule has 3 heterocycles. The quantitative estimate of drug-likeness (QED) is 0.439. The molecule has 1 aliphatic heterocycles. The highest BCUT2D eigenvalue weighted by Crippen LogP contribution is 2.23. The first-order valence-electron chi connectivity index (χ1n) is 9.67. The molecule has 12 heteroatoms. The molecule has 31 heavy (non-hydrogen) atoms. The number of benzene rings is 1. The van der Waals surface area contributed by atoms with E-state index >= 15 is 0 Å². The van der Waals surface area contributed by atoms with Crippen molar-refractivity contribution in [3.05, 3.63) is 57.3 Å². The molecule has 1 fully saturated rings. The number of carbonyl (C=O) groups is 2. The Morgan fingerprint density at radius 2 is 1.94 bits per heavy atom. The van der Waals surface area contributed by atoms with Crippen LogP contribution in [0.2, 0.25) is 0 Å². The predicted octanol–water partition coefficient (Wildman–Crippen LogP) is 0.229. The molecule has 2 amide bonds. The summed E-state index contributed by atoms with van der Waals surface area (Å²) in [5.74, 6) is -0.653. The number of hydrogen-bond donors (Lipinski definition) is 1. The molecule has 0 radical (unpaired) electrons. The van der Waals surface area contributed by atoms with Crippen LogP contribution in [-0.4, -0.2) is 60.6 Å². The summed E-state index contributed by atoms with van der Waals surface area (Å²) in [5.41, 5.74) is -0.387. The number of likely N-dealkylation sites (tertiary alicyclic amines) is 1. The summed E-state index contributed by atoms with van der Waals surface area (Å²) in [6.07, 6.45) is 4.35. The SMILES string of the molecule is O=C(Cn1cnc2c(cnn2-c2ccccc2[N+](=O)[O-])c1=O)NCC(=O)N1CCCC1. The first-order valence-corrected chi connectivity index (χ1v) is 9.67. The Morgan fingerprint density at radius 3 is 2.68 bits per heavy atom. The summed E-state index contributed by atoms with van der Waals surface area (Å²) in [7, 11) is 0. The molecular formula is C19H19N7O5. The van der Waals surface area contributed by atoms with Gasteiger partial charge in [0.2, 0.25) is 11.8 Å². The zero-order valence-corrected chi connectivity index (χ0v) is 16.4. The lowest BCUT2D eigenvalue weighted by Crippen LogP contribution is -2.40. The van der Waals surface area contributed by atoms with Crippen molar-refractivity contribution < 1.29 is 14.5 Å². The van der Waals surface area contributed by atoms with Crippen LogP contribution < -0.4 is 10.9 Å². The van der Waals surface area contributed by atoms with Gasteiger partial charge in [-0.1, -0.05) is 12.1 Å². The molecule has 1 saturated heterocycles. The molecule has 0 aliphatic carbocycles. The van der Waals surface area contributed by atoms with Crippen LogP contribution in [0.15, 0.2) is 41.6 Å². The van der Waals surface area contributed by atoms with Gasteiger partial charge in [-0.2, -0.15) is 5.10 Å². The first kappa shape index (κ1) is 20.2. The van der Waals surface area contributed by atoms with E-state index in [1.165, 1.54) is 35.4 Å². The summed E-state index contributed by atoms with van der Waals surface area (Å²) in [6, 6.07) is 5.98. The number of fused-ring (bicyclic) bond motifs is 1. The van der Waals surface area contributed by atoms with E-state index in [0.29, 0.717) is 13.1 Å². The van der Waals surface area contributed by atoms with E-state index in [9.17, 15) is 24.5 Å². The van der Waals surface area contributed by atoms with Crippen molar-refractivity contribution in [1.29, 1.82) is 0 Å². The lowest BCUT2D eigenvalue weighted by molar-refractivity contribution is -0.384. The van der Waals surface area contributed by atoms with E-state index in [4.69, 9.17) is 0 Å². The third-order valence-corrected chi connectivity index (χ3v) is 5.07. The second-order valence-corrected chi connectivity index (χ2v) is 7.08. The summed E-state index contributed by atoms with van der Waals surface area (Å²) in [5, 5.41) is 18.0. The van der Waals surface area contributed by atoms with Crippen molar-refractivity contribution in [2.24, 2.45) is 0 Å². The molecule has 0 bridgehead atoms. The molecule has 160 valence electrons. The van der Waals surface area contributed by atoms with Crippen molar-refractivity contribution in [3.8, 4) is 5.69 Å². The minimum atomic E-state index is -0.544. The molecule has 4 rings (SSSR count). The van der Waals surface area contributed by atoms with E-state index in [0.717, 1.165) is 17.4 Å². The van der Waals surface area contributed by atoms with Gasteiger partial charge in [0.15, 0.2) is 5.65 Å². The maximum Gasteiger partial charge on any atom is 0.294 e. The smallest absolute Gasteiger partial charge is 0.294 e. The van der Waals surface area contributed by atoms with Crippen molar-refractivity contribution in [3.63, 3.8) is 0 Å². The molecule has 3 aromatic rings. The molecule has 0 saturated carbocycles. The maximum absolute atomic E-state index is 12.8. The fourth-order valence-electron chi connectivity index (χ4n) is 3.50. The summed E-state index contributed by atoms with van der Waals surface area (Å²) >= 11 is 0. The van der Waals surface area contributed by atoms with Gasteiger partial charge >= 0.3 is 0 Å². The van der Waals surface area contributed by atoms with Crippen LogP contribution in [-0.2, 0) is 16.1 Å². The van der Waals surface area contributed by atoms with E-state index in [1.54, 1.807) is 11.0 Å². The van der Waals surface area contributed by atoms with Gasteiger partial charge in [0, 0.05) is 19.2 Å². The van der Waals surface area contributed by atoms with Crippen LogP contribution in [0.3, 0.4) is 0 Å². The average molecular weight is 425 g/mol. The van der Waals surface area contributed by atoms with Crippen molar-refractivity contribution >= 4 is 28.5 Å². The van der Waals surface area contributed by atoms with Gasteiger partial charge in [-0.3, -0.25) is 29.1 Å². The lowest BCUT2D eigenvalue weighted by Gasteiger charge is -2.15. The molecule has 1 N–H and O–H groups in total. The molecule has 1 aromatic carbocycles. The van der Waals surface area contributed by atoms with Crippen LogP contribution in [0.4, 0.5) is 5.69 Å². The lowest BCUT2D eigenvalue weighted by atomic mass is 10.2. The minimum absolute atomic E-state index is 0.113. The molecule has 0 atom stereocenters. The van der Waals surface area contributed by atoms with Gasteiger partial charge in [-0.15, -0.1) is 0 Å². The number of aromatic nitrogens is 4. The Kier molecular flexibility index (Phi) is 5.43. The Bertz CT molecular complexity index is 1230. The fraction of sp³-hybridized carbons (Fsp3) is 0.316. The number of nitrogens with one attached hydrogen (secondary N) is 1.